The minimum absolute atomic E-state index is 0. The standard InChI is InChI=1S/C17H23N3O2.ClH/c1-12-11-18-8-9-20(12)16(21)10-13-2-6-15(7-3-13)19-17(22)14-4-5-14;/h2-3,6-7,12,14,18H,4-5,8-11H2,1H3,(H,19,22);1H/t12-;/m1./s1. The lowest BCUT2D eigenvalue weighted by Gasteiger charge is -2.34. The minimum Gasteiger partial charge on any atom is -0.337 e. The van der Waals surface area contributed by atoms with Crippen molar-refractivity contribution in [2.45, 2.75) is 32.2 Å². The summed E-state index contributed by atoms with van der Waals surface area (Å²) >= 11 is 0. The van der Waals surface area contributed by atoms with Gasteiger partial charge in [-0.25, -0.2) is 0 Å². The van der Waals surface area contributed by atoms with Crippen molar-refractivity contribution in [2.24, 2.45) is 5.92 Å². The Labute approximate surface area is 143 Å². The molecule has 23 heavy (non-hydrogen) atoms. The Bertz CT molecular complexity index is 557. The minimum atomic E-state index is 0. The summed E-state index contributed by atoms with van der Waals surface area (Å²) in [6, 6.07) is 7.85. The SMILES string of the molecule is C[C@@H]1CNCCN1C(=O)Cc1ccc(NC(=O)C2CC2)cc1.Cl. The fourth-order valence-electron chi connectivity index (χ4n) is 2.78. The van der Waals surface area contributed by atoms with E-state index < -0.39 is 0 Å². The molecule has 1 saturated carbocycles. The summed E-state index contributed by atoms with van der Waals surface area (Å²) < 4.78 is 0. The number of hydrogen-bond donors (Lipinski definition) is 2. The number of carbonyl (C=O) groups is 2. The number of carbonyl (C=O) groups excluding carboxylic acids is 2. The molecule has 1 aromatic rings. The molecule has 6 heteroatoms. The van der Waals surface area contributed by atoms with Crippen LogP contribution in [-0.2, 0) is 16.0 Å². The van der Waals surface area contributed by atoms with Crippen molar-refractivity contribution in [1.29, 1.82) is 0 Å². The van der Waals surface area contributed by atoms with E-state index in [1.54, 1.807) is 0 Å². The molecular formula is C17H24ClN3O2. The number of halogens is 1. The fourth-order valence-corrected chi connectivity index (χ4v) is 2.78. The highest BCUT2D eigenvalue weighted by Gasteiger charge is 2.29. The number of benzene rings is 1. The van der Waals surface area contributed by atoms with Crippen LogP contribution < -0.4 is 10.6 Å². The lowest BCUT2D eigenvalue weighted by Crippen LogP contribution is -2.52. The van der Waals surface area contributed by atoms with Crippen molar-refractivity contribution in [1.82, 2.24) is 10.2 Å². The smallest absolute Gasteiger partial charge is 0.227 e. The first-order valence-electron chi connectivity index (χ1n) is 8.03. The monoisotopic (exact) mass is 337 g/mol. The first-order chi connectivity index (χ1) is 10.6. The molecule has 1 aliphatic heterocycles. The lowest BCUT2D eigenvalue weighted by atomic mass is 10.1. The maximum atomic E-state index is 12.4. The number of piperazine rings is 1. The highest BCUT2D eigenvalue weighted by Crippen LogP contribution is 2.30. The van der Waals surface area contributed by atoms with E-state index in [1.165, 1.54) is 0 Å². The zero-order chi connectivity index (χ0) is 15.5. The molecule has 1 aromatic carbocycles. The molecular weight excluding hydrogens is 314 g/mol. The molecule has 3 rings (SSSR count). The third kappa shape index (κ3) is 4.69. The van der Waals surface area contributed by atoms with Gasteiger partial charge in [-0.2, -0.15) is 0 Å². The third-order valence-electron chi connectivity index (χ3n) is 4.35. The van der Waals surface area contributed by atoms with Gasteiger partial charge in [-0.05, 0) is 37.5 Å². The summed E-state index contributed by atoms with van der Waals surface area (Å²) in [5.41, 5.74) is 1.80. The van der Waals surface area contributed by atoms with Crippen LogP contribution in [0.2, 0.25) is 0 Å². The number of nitrogens with one attached hydrogen (secondary N) is 2. The highest BCUT2D eigenvalue weighted by molar-refractivity contribution is 5.94. The summed E-state index contributed by atoms with van der Waals surface area (Å²) in [4.78, 5) is 26.0. The van der Waals surface area contributed by atoms with E-state index in [0.717, 1.165) is 43.7 Å². The van der Waals surface area contributed by atoms with Gasteiger partial charge in [0.15, 0.2) is 0 Å². The molecule has 0 unspecified atom stereocenters. The molecule has 2 N–H and O–H groups in total. The summed E-state index contributed by atoms with van der Waals surface area (Å²) in [5, 5.41) is 6.20. The van der Waals surface area contributed by atoms with E-state index in [-0.39, 0.29) is 36.2 Å². The molecule has 2 aliphatic rings. The van der Waals surface area contributed by atoms with Crippen LogP contribution in [0.5, 0.6) is 0 Å². The predicted octanol–water partition coefficient (Wildman–Crippen LogP) is 1.82. The van der Waals surface area contributed by atoms with Crippen LogP contribution in [0.25, 0.3) is 0 Å². The maximum Gasteiger partial charge on any atom is 0.227 e. The Morgan fingerprint density at radius 2 is 1.96 bits per heavy atom. The van der Waals surface area contributed by atoms with Crippen LogP contribution >= 0.6 is 12.4 Å². The van der Waals surface area contributed by atoms with Gasteiger partial charge in [0.05, 0.1) is 6.42 Å². The molecule has 0 spiro atoms. The average molecular weight is 338 g/mol. The van der Waals surface area contributed by atoms with Crippen LogP contribution in [0.15, 0.2) is 24.3 Å². The largest absolute Gasteiger partial charge is 0.337 e. The Hall–Kier alpha value is -1.59. The van der Waals surface area contributed by atoms with Crippen LogP contribution in [0.1, 0.15) is 25.3 Å². The van der Waals surface area contributed by atoms with Crippen molar-refractivity contribution in [3.05, 3.63) is 29.8 Å². The summed E-state index contributed by atoms with van der Waals surface area (Å²) in [5.74, 6) is 0.484. The van der Waals surface area contributed by atoms with Crippen molar-refractivity contribution < 1.29 is 9.59 Å². The number of anilines is 1. The van der Waals surface area contributed by atoms with Gasteiger partial charge < -0.3 is 15.5 Å². The van der Waals surface area contributed by atoms with E-state index in [9.17, 15) is 9.59 Å². The van der Waals surface area contributed by atoms with Gasteiger partial charge in [-0.3, -0.25) is 9.59 Å². The summed E-state index contributed by atoms with van der Waals surface area (Å²) in [7, 11) is 0. The summed E-state index contributed by atoms with van der Waals surface area (Å²) in [6.45, 7) is 4.57. The molecule has 126 valence electrons. The van der Waals surface area contributed by atoms with Gasteiger partial charge in [-0.1, -0.05) is 12.1 Å². The summed E-state index contributed by atoms with van der Waals surface area (Å²) in [6.07, 6.45) is 2.42. The molecule has 1 aliphatic carbocycles. The maximum absolute atomic E-state index is 12.4. The van der Waals surface area contributed by atoms with Crippen molar-refractivity contribution in [3.63, 3.8) is 0 Å². The number of hydrogen-bond acceptors (Lipinski definition) is 3. The van der Waals surface area contributed by atoms with E-state index >= 15 is 0 Å². The lowest BCUT2D eigenvalue weighted by molar-refractivity contribution is -0.133. The van der Waals surface area contributed by atoms with Crippen molar-refractivity contribution in [3.8, 4) is 0 Å². The topological polar surface area (TPSA) is 61.4 Å². The van der Waals surface area contributed by atoms with Crippen LogP contribution in [-0.4, -0.2) is 42.4 Å². The molecule has 1 heterocycles. The zero-order valence-electron chi connectivity index (χ0n) is 13.4. The van der Waals surface area contributed by atoms with E-state index in [1.807, 2.05) is 29.2 Å². The van der Waals surface area contributed by atoms with E-state index in [4.69, 9.17) is 0 Å². The Morgan fingerprint density at radius 1 is 1.26 bits per heavy atom. The van der Waals surface area contributed by atoms with Gasteiger partial charge in [0.2, 0.25) is 11.8 Å². The normalized spacial score (nSPS) is 20.6. The van der Waals surface area contributed by atoms with Crippen LogP contribution in [0.4, 0.5) is 5.69 Å². The highest BCUT2D eigenvalue weighted by atomic mass is 35.5. The van der Waals surface area contributed by atoms with Crippen LogP contribution in [0, 0.1) is 5.92 Å². The fraction of sp³-hybridized carbons (Fsp3) is 0.529. The number of rotatable bonds is 4. The van der Waals surface area contributed by atoms with Crippen molar-refractivity contribution >= 4 is 29.9 Å². The van der Waals surface area contributed by atoms with Gasteiger partial charge in [0.1, 0.15) is 0 Å². The van der Waals surface area contributed by atoms with Gasteiger partial charge >= 0.3 is 0 Å². The average Bonchev–Trinajstić information content (AvgIpc) is 3.34. The molecule has 0 aromatic heterocycles. The Kier molecular flexibility index (Phi) is 6.02. The van der Waals surface area contributed by atoms with E-state index in [0.29, 0.717) is 6.42 Å². The molecule has 2 amide bonds. The molecule has 0 bridgehead atoms. The van der Waals surface area contributed by atoms with Crippen LogP contribution in [0.3, 0.4) is 0 Å². The molecule has 1 saturated heterocycles. The quantitative estimate of drug-likeness (QED) is 0.881. The Balaban J connectivity index is 0.00000192. The Morgan fingerprint density at radius 3 is 2.57 bits per heavy atom. The molecule has 1 atom stereocenters. The third-order valence-corrected chi connectivity index (χ3v) is 4.35. The van der Waals surface area contributed by atoms with Crippen molar-refractivity contribution in [2.75, 3.05) is 25.0 Å². The van der Waals surface area contributed by atoms with Gasteiger partial charge in [0.25, 0.3) is 0 Å². The first kappa shape index (κ1) is 17.8. The number of amides is 2. The second kappa shape index (κ2) is 7.79. The molecule has 0 radical (unpaired) electrons. The first-order valence-corrected chi connectivity index (χ1v) is 8.03. The van der Waals surface area contributed by atoms with Gasteiger partial charge in [-0.15, -0.1) is 12.4 Å². The second-order valence-electron chi connectivity index (χ2n) is 6.28. The zero-order valence-corrected chi connectivity index (χ0v) is 14.2. The number of nitrogens with zero attached hydrogens (tertiary/aromatic N) is 1. The molecule has 5 nitrogen and oxygen atoms in total. The van der Waals surface area contributed by atoms with E-state index in [2.05, 4.69) is 17.6 Å². The van der Waals surface area contributed by atoms with Gasteiger partial charge in [0, 0.05) is 37.3 Å². The second-order valence-corrected chi connectivity index (χ2v) is 6.28. The molecule has 2 fully saturated rings. The predicted molar refractivity (Wildman–Crippen MR) is 92.8 cm³/mol.